The van der Waals surface area contributed by atoms with E-state index in [0.717, 1.165) is 17.8 Å². The molecule has 1 aromatic rings. The van der Waals surface area contributed by atoms with Gasteiger partial charge in [0.05, 0.1) is 15.8 Å². The third-order valence-corrected chi connectivity index (χ3v) is 3.63. The number of rotatable bonds is 3. The molecule has 0 N–H and O–H groups in total. The summed E-state index contributed by atoms with van der Waals surface area (Å²) in [5, 5.41) is -0.267. The lowest BCUT2D eigenvalue weighted by Gasteiger charge is -2.10. The topological polar surface area (TPSA) is 30.0 Å². The summed E-state index contributed by atoms with van der Waals surface area (Å²) in [6.07, 6.45) is -3.76. The number of pyridine rings is 1. The molecule has 7 heteroatoms. The van der Waals surface area contributed by atoms with Crippen molar-refractivity contribution >= 4 is 29.1 Å². The maximum atomic E-state index is 12.3. The van der Waals surface area contributed by atoms with Crippen LogP contribution in [0, 0.1) is 0 Å². The van der Waals surface area contributed by atoms with Gasteiger partial charge >= 0.3 is 6.18 Å². The van der Waals surface area contributed by atoms with Crippen LogP contribution in [-0.4, -0.2) is 16.0 Å². The van der Waals surface area contributed by atoms with E-state index in [9.17, 15) is 18.0 Å². The Morgan fingerprint density at radius 3 is 2.53 bits per heavy atom. The first-order valence-corrected chi connectivity index (χ1v) is 5.87. The van der Waals surface area contributed by atoms with Crippen LogP contribution >= 0.6 is 23.4 Å². The van der Waals surface area contributed by atoms with Gasteiger partial charge in [0.2, 0.25) is 0 Å². The minimum Gasteiger partial charge on any atom is -0.299 e. The fourth-order valence-electron chi connectivity index (χ4n) is 0.918. The standard InChI is InChI=1S/C10H9ClF3NOS/c1-5(16)6(2)17-9-8(11)3-7(4-15-9)10(12,13)14/h3-4,6H,1-2H3/t6-/m1/s1. The normalized spacial score (nSPS) is 13.5. The molecule has 0 spiro atoms. The Morgan fingerprint density at radius 1 is 1.53 bits per heavy atom. The Labute approximate surface area is 106 Å². The number of halogens is 4. The first-order chi connectivity index (χ1) is 7.71. The minimum atomic E-state index is -4.47. The van der Waals surface area contributed by atoms with Crippen molar-refractivity contribution in [3.05, 3.63) is 22.8 Å². The fraction of sp³-hybridized carbons (Fsp3) is 0.400. The van der Waals surface area contributed by atoms with Crippen LogP contribution in [0.4, 0.5) is 13.2 Å². The lowest BCUT2D eigenvalue weighted by atomic mass is 10.3. The fourth-order valence-corrected chi connectivity index (χ4v) is 2.00. The van der Waals surface area contributed by atoms with E-state index in [1.165, 1.54) is 6.92 Å². The van der Waals surface area contributed by atoms with Crippen LogP contribution in [0.5, 0.6) is 0 Å². The predicted molar refractivity (Wildman–Crippen MR) is 60.2 cm³/mol. The summed E-state index contributed by atoms with van der Waals surface area (Å²) in [6.45, 7) is 3.04. The molecule has 0 saturated heterocycles. The van der Waals surface area contributed by atoms with Crippen molar-refractivity contribution in [1.29, 1.82) is 0 Å². The Bertz CT molecular complexity index is 436. The van der Waals surface area contributed by atoms with Crippen LogP contribution in [0.3, 0.4) is 0 Å². The van der Waals surface area contributed by atoms with Gasteiger partial charge in [0.1, 0.15) is 10.8 Å². The zero-order valence-electron chi connectivity index (χ0n) is 9.01. The second kappa shape index (κ2) is 5.27. The van der Waals surface area contributed by atoms with Gasteiger partial charge < -0.3 is 0 Å². The predicted octanol–water partition coefficient (Wildman–Crippen LogP) is 3.82. The molecule has 0 aliphatic carbocycles. The highest BCUT2D eigenvalue weighted by molar-refractivity contribution is 8.00. The van der Waals surface area contributed by atoms with Gasteiger partial charge in [-0.3, -0.25) is 4.79 Å². The van der Waals surface area contributed by atoms with Crippen LogP contribution in [-0.2, 0) is 11.0 Å². The number of hydrogen-bond donors (Lipinski definition) is 0. The largest absolute Gasteiger partial charge is 0.417 e. The molecule has 0 amide bonds. The number of Topliss-reactive ketones (excluding diaryl/α,β-unsaturated/α-hetero) is 1. The molecule has 0 aliphatic rings. The lowest BCUT2D eigenvalue weighted by Crippen LogP contribution is -2.09. The Balaban J connectivity index is 2.95. The molecule has 0 aromatic carbocycles. The van der Waals surface area contributed by atoms with E-state index < -0.39 is 17.0 Å². The van der Waals surface area contributed by atoms with Crippen molar-refractivity contribution in [3.8, 4) is 0 Å². The van der Waals surface area contributed by atoms with E-state index in [2.05, 4.69) is 4.98 Å². The highest BCUT2D eigenvalue weighted by Crippen LogP contribution is 2.34. The molecular weight excluding hydrogens is 275 g/mol. The monoisotopic (exact) mass is 283 g/mol. The van der Waals surface area contributed by atoms with Crippen molar-refractivity contribution in [2.24, 2.45) is 0 Å². The third-order valence-electron chi connectivity index (χ3n) is 2.00. The molecule has 0 unspecified atom stereocenters. The molecule has 1 heterocycles. The molecule has 0 bridgehead atoms. The molecule has 0 saturated carbocycles. The number of ketones is 1. The number of hydrogen-bond acceptors (Lipinski definition) is 3. The van der Waals surface area contributed by atoms with Gasteiger partial charge in [-0.15, -0.1) is 0 Å². The van der Waals surface area contributed by atoms with E-state index >= 15 is 0 Å². The van der Waals surface area contributed by atoms with Crippen molar-refractivity contribution in [3.63, 3.8) is 0 Å². The van der Waals surface area contributed by atoms with Crippen molar-refractivity contribution in [1.82, 2.24) is 4.98 Å². The minimum absolute atomic E-state index is 0.0900. The Morgan fingerprint density at radius 2 is 2.12 bits per heavy atom. The van der Waals surface area contributed by atoms with E-state index in [4.69, 9.17) is 11.6 Å². The highest BCUT2D eigenvalue weighted by Gasteiger charge is 2.31. The average Bonchev–Trinajstić information content (AvgIpc) is 2.19. The van der Waals surface area contributed by atoms with Gasteiger partial charge in [0.15, 0.2) is 0 Å². The first-order valence-electron chi connectivity index (χ1n) is 4.61. The van der Waals surface area contributed by atoms with Crippen LogP contribution in [0.25, 0.3) is 0 Å². The summed E-state index contributed by atoms with van der Waals surface area (Å²) in [6, 6.07) is 0.809. The van der Waals surface area contributed by atoms with E-state index in [1.807, 2.05) is 0 Å². The molecule has 2 nitrogen and oxygen atoms in total. The first kappa shape index (κ1) is 14.3. The molecule has 17 heavy (non-hydrogen) atoms. The summed E-state index contributed by atoms with van der Waals surface area (Å²) in [7, 11) is 0. The van der Waals surface area contributed by atoms with Crippen molar-refractivity contribution in [2.45, 2.75) is 30.3 Å². The number of carbonyl (C=O) groups is 1. The van der Waals surface area contributed by atoms with Crippen LogP contribution in [0.15, 0.2) is 17.3 Å². The quantitative estimate of drug-likeness (QED) is 0.790. The summed E-state index contributed by atoms with van der Waals surface area (Å²) in [5.74, 6) is -0.0900. The number of aromatic nitrogens is 1. The zero-order chi connectivity index (χ0) is 13.2. The maximum absolute atomic E-state index is 12.3. The Hall–Kier alpha value is -0.750. The van der Waals surface area contributed by atoms with Gasteiger partial charge in [-0.1, -0.05) is 23.4 Å². The summed E-state index contributed by atoms with van der Waals surface area (Å²) in [4.78, 5) is 14.6. The van der Waals surface area contributed by atoms with Gasteiger partial charge in [-0.2, -0.15) is 13.2 Å². The number of thioether (sulfide) groups is 1. The molecule has 94 valence electrons. The van der Waals surface area contributed by atoms with Crippen LogP contribution < -0.4 is 0 Å². The summed E-state index contributed by atoms with van der Waals surface area (Å²) < 4.78 is 37.0. The van der Waals surface area contributed by atoms with Crippen molar-refractivity contribution < 1.29 is 18.0 Å². The van der Waals surface area contributed by atoms with E-state index in [1.54, 1.807) is 6.92 Å². The molecule has 0 radical (unpaired) electrons. The molecule has 0 fully saturated rings. The Kier molecular flexibility index (Phi) is 4.43. The molecular formula is C10H9ClF3NOS. The zero-order valence-corrected chi connectivity index (χ0v) is 10.6. The lowest BCUT2D eigenvalue weighted by molar-refractivity contribution is -0.137. The second-order valence-corrected chi connectivity index (χ2v) is 5.12. The molecule has 1 atom stereocenters. The molecule has 1 aromatic heterocycles. The van der Waals surface area contributed by atoms with Crippen LogP contribution in [0.1, 0.15) is 19.4 Å². The number of carbonyl (C=O) groups excluding carboxylic acids is 1. The average molecular weight is 284 g/mol. The molecule has 1 rings (SSSR count). The van der Waals surface area contributed by atoms with Gasteiger partial charge in [-0.25, -0.2) is 4.98 Å². The number of nitrogens with zero attached hydrogens (tertiary/aromatic N) is 1. The van der Waals surface area contributed by atoms with E-state index in [-0.39, 0.29) is 15.8 Å². The summed E-state index contributed by atoms with van der Waals surface area (Å²) in [5.41, 5.74) is -0.901. The summed E-state index contributed by atoms with van der Waals surface area (Å²) >= 11 is 6.73. The van der Waals surface area contributed by atoms with Crippen LogP contribution in [0.2, 0.25) is 5.02 Å². The number of alkyl halides is 3. The SMILES string of the molecule is CC(=O)[C@@H](C)Sc1ncc(C(F)(F)F)cc1Cl. The third kappa shape index (κ3) is 3.89. The smallest absolute Gasteiger partial charge is 0.299 e. The van der Waals surface area contributed by atoms with Gasteiger partial charge in [-0.05, 0) is 19.9 Å². The van der Waals surface area contributed by atoms with Gasteiger partial charge in [0.25, 0.3) is 0 Å². The maximum Gasteiger partial charge on any atom is 0.417 e. The molecule has 0 aliphatic heterocycles. The van der Waals surface area contributed by atoms with Gasteiger partial charge in [0, 0.05) is 6.20 Å². The highest BCUT2D eigenvalue weighted by atomic mass is 35.5. The van der Waals surface area contributed by atoms with E-state index in [0.29, 0.717) is 6.20 Å². The second-order valence-electron chi connectivity index (χ2n) is 3.38. The van der Waals surface area contributed by atoms with Crippen molar-refractivity contribution in [2.75, 3.05) is 0 Å².